The summed E-state index contributed by atoms with van der Waals surface area (Å²) in [5.74, 6) is -0.0719. The van der Waals surface area contributed by atoms with Gasteiger partial charge in [0.2, 0.25) is 0 Å². The molecule has 142 valence electrons. The highest BCUT2D eigenvalue weighted by atomic mass is 16.3. The molecule has 1 aromatic carbocycles. The molecule has 1 aromatic heterocycles. The number of carbonyl (C=O) groups excluding carboxylic acids is 2. The number of furan rings is 1. The highest BCUT2D eigenvalue weighted by Gasteiger charge is 2.20. The van der Waals surface area contributed by atoms with Crippen molar-refractivity contribution in [3.8, 4) is 0 Å². The Labute approximate surface area is 159 Å². The summed E-state index contributed by atoms with van der Waals surface area (Å²) in [6, 6.07) is 10.9. The van der Waals surface area contributed by atoms with Crippen molar-refractivity contribution in [2.24, 2.45) is 0 Å². The van der Waals surface area contributed by atoms with Crippen molar-refractivity contribution in [3.05, 3.63) is 65.2 Å². The lowest BCUT2D eigenvalue weighted by Crippen LogP contribution is -2.40. The van der Waals surface area contributed by atoms with Gasteiger partial charge in [0, 0.05) is 17.7 Å². The normalized spacial score (nSPS) is 15.8. The van der Waals surface area contributed by atoms with Crippen molar-refractivity contribution in [3.63, 3.8) is 0 Å². The average Bonchev–Trinajstić information content (AvgIpc) is 3.03. The molecule has 0 atom stereocenters. The summed E-state index contributed by atoms with van der Waals surface area (Å²) in [5, 5.41) is 5.83. The molecular formula is C22H26N2O3. The highest BCUT2D eigenvalue weighted by Crippen LogP contribution is 2.18. The molecule has 27 heavy (non-hydrogen) atoms. The van der Waals surface area contributed by atoms with Gasteiger partial charge in [-0.2, -0.15) is 0 Å². The molecule has 1 aliphatic carbocycles. The van der Waals surface area contributed by atoms with Crippen LogP contribution in [-0.4, -0.2) is 17.9 Å². The smallest absolute Gasteiger partial charge is 0.268 e. The molecule has 1 aliphatic rings. The van der Waals surface area contributed by atoms with Crippen molar-refractivity contribution in [2.75, 3.05) is 0 Å². The van der Waals surface area contributed by atoms with Crippen molar-refractivity contribution >= 4 is 17.9 Å². The summed E-state index contributed by atoms with van der Waals surface area (Å²) in [6.45, 7) is 1.93. The van der Waals surface area contributed by atoms with Gasteiger partial charge in [-0.25, -0.2) is 0 Å². The molecule has 1 fully saturated rings. The largest absolute Gasteiger partial charge is 0.465 e. The second-order valence-corrected chi connectivity index (χ2v) is 7.06. The van der Waals surface area contributed by atoms with Crippen LogP contribution in [0.25, 0.3) is 6.08 Å². The van der Waals surface area contributed by atoms with Crippen LogP contribution in [0, 0.1) is 6.92 Å². The number of rotatable bonds is 5. The maximum absolute atomic E-state index is 12.8. The van der Waals surface area contributed by atoms with Crippen molar-refractivity contribution in [2.45, 2.75) is 51.5 Å². The van der Waals surface area contributed by atoms with Crippen LogP contribution in [0.2, 0.25) is 0 Å². The van der Waals surface area contributed by atoms with Crippen molar-refractivity contribution in [1.82, 2.24) is 10.6 Å². The van der Waals surface area contributed by atoms with E-state index in [1.807, 2.05) is 19.1 Å². The number of benzene rings is 1. The maximum Gasteiger partial charge on any atom is 0.268 e. The molecule has 0 saturated heterocycles. The fourth-order valence-corrected chi connectivity index (χ4v) is 3.34. The van der Waals surface area contributed by atoms with Gasteiger partial charge in [0.25, 0.3) is 11.8 Å². The van der Waals surface area contributed by atoms with E-state index >= 15 is 0 Å². The van der Waals surface area contributed by atoms with Gasteiger partial charge in [-0.05, 0) is 44.0 Å². The molecule has 3 rings (SSSR count). The summed E-state index contributed by atoms with van der Waals surface area (Å²) in [7, 11) is 0. The van der Waals surface area contributed by atoms with Gasteiger partial charge < -0.3 is 15.1 Å². The third kappa shape index (κ3) is 5.58. The third-order valence-electron chi connectivity index (χ3n) is 4.79. The maximum atomic E-state index is 12.8. The van der Waals surface area contributed by atoms with E-state index in [0.29, 0.717) is 11.3 Å². The minimum atomic E-state index is -0.312. The second kappa shape index (κ2) is 9.21. The topological polar surface area (TPSA) is 71.3 Å². The Morgan fingerprint density at radius 2 is 1.85 bits per heavy atom. The quantitative estimate of drug-likeness (QED) is 0.615. The Morgan fingerprint density at radius 3 is 2.52 bits per heavy atom. The molecule has 1 heterocycles. The first-order valence-corrected chi connectivity index (χ1v) is 9.56. The number of nitrogens with one attached hydrogen (secondary N) is 2. The number of hydrogen-bond donors (Lipinski definition) is 2. The molecule has 2 aromatic rings. The Balaban J connectivity index is 1.76. The average molecular weight is 366 g/mol. The predicted molar refractivity (Wildman–Crippen MR) is 105 cm³/mol. The number of carbonyl (C=O) groups is 2. The zero-order valence-corrected chi connectivity index (χ0v) is 15.7. The van der Waals surface area contributed by atoms with E-state index in [9.17, 15) is 9.59 Å². The molecule has 0 aliphatic heterocycles. The third-order valence-corrected chi connectivity index (χ3v) is 4.79. The minimum absolute atomic E-state index is 0.149. The van der Waals surface area contributed by atoms with Crippen molar-refractivity contribution in [1.29, 1.82) is 0 Å². The molecular weight excluding hydrogens is 340 g/mol. The van der Waals surface area contributed by atoms with Crippen LogP contribution in [-0.2, 0) is 4.79 Å². The Hall–Kier alpha value is -2.82. The SMILES string of the molecule is Cc1cccc(C(=O)N/C(=C\c2ccco2)C(=O)NC2CCCCCC2)c1. The van der Waals surface area contributed by atoms with Crippen LogP contribution in [0.4, 0.5) is 0 Å². The zero-order valence-electron chi connectivity index (χ0n) is 15.7. The van der Waals surface area contributed by atoms with E-state index in [1.165, 1.54) is 19.1 Å². The first-order valence-electron chi connectivity index (χ1n) is 9.56. The van der Waals surface area contributed by atoms with E-state index in [2.05, 4.69) is 10.6 Å². The lowest BCUT2D eigenvalue weighted by Gasteiger charge is -2.18. The lowest BCUT2D eigenvalue weighted by atomic mass is 10.1. The summed E-state index contributed by atoms with van der Waals surface area (Å²) in [5.41, 5.74) is 1.70. The summed E-state index contributed by atoms with van der Waals surface area (Å²) in [6.07, 6.45) is 9.73. The molecule has 5 heteroatoms. The van der Waals surface area contributed by atoms with E-state index in [4.69, 9.17) is 4.42 Å². The Morgan fingerprint density at radius 1 is 1.07 bits per heavy atom. The van der Waals surface area contributed by atoms with Gasteiger partial charge in [0.1, 0.15) is 11.5 Å². The molecule has 0 spiro atoms. The number of hydrogen-bond acceptors (Lipinski definition) is 3. The monoisotopic (exact) mass is 366 g/mol. The second-order valence-electron chi connectivity index (χ2n) is 7.06. The summed E-state index contributed by atoms with van der Waals surface area (Å²) in [4.78, 5) is 25.5. The standard InChI is InChI=1S/C22H26N2O3/c1-16-8-6-9-17(14-16)21(25)24-20(15-19-12-7-13-27-19)22(26)23-18-10-4-2-3-5-11-18/h6-9,12-15,18H,2-5,10-11H2,1H3,(H,23,26)(H,24,25)/b20-15-. The molecule has 0 unspecified atom stereocenters. The van der Waals surface area contributed by atoms with E-state index in [1.54, 1.807) is 30.3 Å². The first-order chi connectivity index (χ1) is 13.1. The van der Waals surface area contributed by atoms with Gasteiger partial charge in [-0.1, -0.05) is 43.4 Å². The Bertz CT molecular complexity index is 801. The van der Waals surface area contributed by atoms with Gasteiger partial charge in [0.05, 0.1) is 6.26 Å². The van der Waals surface area contributed by atoms with E-state index in [0.717, 1.165) is 31.2 Å². The molecule has 2 N–H and O–H groups in total. The van der Waals surface area contributed by atoms with Crippen LogP contribution in [0.15, 0.2) is 52.8 Å². The van der Waals surface area contributed by atoms with Gasteiger partial charge in [0.15, 0.2) is 0 Å². The molecule has 1 saturated carbocycles. The molecule has 5 nitrogen and oxygen atoms in total. The van der Waals surface area contributed by atoms with Gasteiger partial charge in [-0.15, -0.1) is 0 Å². The van der Waals surface area contributed by atoms with Crippen LogP contribution >= 0.6 is 0 Å². The van der Waals surface area contributed by atoms with Crippen LogP contribution < -0.4 is 10.6 Å². The van der Waals surface area contributed by atoms with Crippen LogP contribution in [0.5, 0.6) is 0 Å². The first kappa shape index (κ1) is 19.0. The highest BCUT2D eigenvalue weighted by molar-refractivity contribution is 6.05. The zero-order chi connectivity index (χ0) is 19.1. The van der Waals surface area contributed by atoms with Crippen molar-refractivity contribution < 1.29 is 14.0 Å². The Kier molecular flexibility index (Phi) is 6.47. The van der Waals surface area contributed by atoms with E-state index < -0.39 is 0 Å². The van der Waals surface area contributed by atoms with Crippen LogP contribution in [0.3, 0.4) is 0 Å². The van der Waals surface area contributed by atoms with Crippen LogP contribution in [0.1, 0.15) is 60.2 Å². The fraction of sp³-hybridized carbons (Fsp3) is 0.364. The number of aryl methyl sites for hydroxylation is 1. The van der Waals surface area contributed by atoms with Gasteiger partial charge >= 0.3 is 0 Å². The lowest BCUT2D eigenvalue weighted by molar-refractivity contribution is -0.118. The molecule has 0 radical (unpaired) electrons. The molecule has 2 amide bonds. The minimum Gasteiger partial charge on any atom is -0.465 e. The molecule has 0 bridgehead atoms. The number of amides is 2. The summed E-state index contributed by atoms with van der Waals surface area (Å²) >= 11 is 0. The summed E-state index contributed by atoms with van der Waals surface area (Å²) < 4.78 is 5.32. The van der Waals surface area contributed by atoms with E-state index in [-0.39, 0.29) is 23.6 Å². The van der Waals surface area contributed by atoms with Gasteiger partial charge in [-0.3, -0.25) is 9.59 Å². The fourth-order valence-electron chi connectivity index (χ4n) is 3.34. The predicted octanol–water partition coefficient (Wildman–Crippen LogP) is 4.20.